The maximum Gasteiger partial charge on any atom is 0.306 e. The Bertz CT molecular complexity index is 1170. The van der Waals surface area contributed by atoms with Gasteiger partial charge in [0.25, 0.3) is 0 Å². The Labute approximate surface area is 388 Å². The molecule has 0 bridgehead atoms. The minimum atomic E-state index is -1.13. The number of carbonyl (C=O) groups is 3. The number of carboxylic acids is 1. The first-order valence-corrected chi connectivity index (χ1v) is 26.2. The molecule has 8 nitrogen and oxygen atoms in total. The maximum absolute atomic E-state index is 12.8. The van der Waals surface area contributed by atoms with Crippen molar-refractivity contribution in [1.29, 1.82) is 0 Å². The normalized spacial score (nSPS) is 13.2. The van der Waals surface area contributed by atoms with E-state index >= 15 is 0 Å². The predicted octanol–water partition coefficient (Wildman–Crippen LogP) is 13.8. The second kappa shape index (κ2) is 45.8. The fraction of sp³-hybridized carbons (Fsp3) is 0.800. The van der Waals surface area contributed by atoms with E-state index in [9.17, 15) is 19.5 Å². The molecule has 366 valence electrons. The number of quaternary nitrogens is 1. The van der Waals surface area contributed by atoms with Crippen LogP contribution in [-0.2, 0) is 28.6 Å². The van der Waals surface area contributed by atoms with Gasteiger partial charge in [-0.05, 0) is 64.2 Å². The number of unbranched alkanes of at least 4 members (excludes halogenated alkanes) is 27. The van der Waals surface area contributed by atoms with E-state index in [0.29, 0.717) is 12.8 Å². The first kappa shape index (κ1) is 60.3. The van der Waals surface area contributed by atoms with Crippen LogP contribution >= 0.6 is 0 Å². The molecule has 63 heavy (non-hydrogen) atoms. The van der Waals surface area contributed by atoms with Crippen molar-refractivity contribution in [3.8, 4) is 0 Å². The van der Waals surface area contributed by atoms with Crippen LogP contribution in [-0.4, -0.2) is 75.5 Å². The monoisotopic (exact) mass is 886 g/mol. The number of rotatable bonds is 47. The Morgan fingerprint density at radius 3 is 1.27 bits per heavy atom. The van der Waals surface area contributed by atoms with Gasteiger partial charge in [-0.25, -0.2) is 0 Å². The average molecular weight is 886 g/mol. The largest absolute Gasteiger partial charge is 0.544 e. The molecular weight excluding hydrogens is 787 g/mol. The lowest BCUT2D eigenvalue weighted by Gasteiger charge is -2.34. The third kappa shape index (κ3) is 44.3. The van der Waals surface area contributed by atoms with Crippen molar-refractivity contribution in [2.75, 3.05) is 41.0 Å². The Hall–Kier alpha value is -2.71. The zero-order chi connectivity index (χ0) is 46.3. The smallest absolute Gasteiger partial charge is 0.306 e. The molecule has 0 saturated carbocycles. The van der Waals surface area contributed by atoms with Gasteiger partial charge in [0.2, 0.25) is 0 Å². The zero-order valence-electron chi connectivity index (χ0n) is 41.7. The Morgan fingerprint density at radius 1 is 0.476 bits per heavy atom. The van der Waals surface area contributed by atoms with E-state index in [1.54, 1.807) is 21.1 Å². The van der Waals surface area contributed by atoms with Crippen LogP contribution in [0.3, 0.4) is 0 Å². The molecule has 0 rings (SSSR count). The molecule has 0 amide bonds. The van der Waals surface area contributed by atoms with Crippen LogP contribution in [0.2, 0.25) is 0 Å². The van der Waals surface area contributed by atoms with E-state index in [2.05, 4.69) is 62.5 Å². The van der Waals surface area contributed by atoms with E-state index in [1.165, 1.54) is 135 Å². The lowest BCUT2D eigenvalue weighted by molar-refractivity contribution is -0.889. The Morgan fingerprint density at radius 2 is 0.857 bits per heavy atom. The van der Waals surface area contributed by atoms with E-state index in [-0.39, 0.29) is 42.7 Å². The summed E-state index contributed by atoms with van der Waals surface area (Å²) in [6.45, 7) is 4.64. The lowest BCUT2D eigenvalue weighted by atomic mass is 10.1. The fourth-order valence-electron chi connectivity index (χ4n) is 7.66. The third-order valence-corrected chi connectivity index (χ3v) is 11.7. The van der Waals surface area contributed by atoms with Gasteiger partial charge < -0.3 is 28.6 Å². The number of allylic oxidation sites excluding steroid dienone is 8. The SMILES string of the molecule is CCCCCCC/C=C/C=C/C=C/CCCCCCCC(=O)OCC(COCCC(C(=O)[O-])[N+](C)(C)C)OC(=O)CCCCCCCCC/C=C/CCCCCCCCCCCC. The van der Waals surface area contributed by atoms with Crippen molar-refractivity contribution in [1.82, 2.24) is 0 Å². The van der Waals surface area contributed by atoms with Crippen LogP contribution in [0.5, 0.6) is 0 Å². The summed E-state index contributed by atoms with van der Waals surface area (Å²) in [7, 11) is 5.41. The molecule has 0 fully saturated rings. The molecule has 0 aromatic heterocycles. The average Bonchev–Trinajstić information content (AvgIpc) is 3.24. The summed E-state index contributed by atoms with van der Waals surface area (Å²) in [5.41, 5.74) is 0. The Balaban J connectivity index is 4.28. The number of ether oxygens (including phenoxy) is 3. The Kier molecular flexibility index (Phi) is 43.9. The molecule has 2 unspecified atom stereocenters. The lowest BCUT2D eigenvalue weighted by Crippen LogP contribution is -2.55. The second-order valence-corrected chi connectivity index (χ2v) is 18.8. The molecule has 0 aliphatic carbocycles. The van der Waals surface area contributed by atoms with E-state index in [0.717, 1.165) is 64.2 Å². The van der Waals surface area contributed by atoms with Gasteiger partial charge in [0.05, 0.1) is 40.3 Å². The molecule has 0 N–H and O–H groups in total. The van der Waals surface area contributed by atoms with Gasteiger partial charge in [0.1, 0.15) is 12.6 Å². The first-order valence-electron chi connectivity index (χ1n) is 26.2. The van der Waals surface area contributed by atoms with E-state index < -0.39 is 18.1 Å². The van der Waals surface area contributed by atoms with Crippen LogP contribution in [0.25, 0.3) is 0 Å². The van der Waals surface area contributed by atoms with Crippen LogP contribution in [0.15, 0.2) is 48.6 Å². The summed E-state index contributed by atoms with van der Waals surface area (Å²) < 4.78 is 17.2. The highest BCUT2D eigenvalue weighted by Crippen LogP contribution is 2.15. The van der Waals surface area contributed by atoms with E-state index in [1.807, 2.05) is 0 Å². The van der Waals surface area contributed by atoms with Crippen LogP contribution in [0.1, 0.15) is 232 Å². The van der Waals surface area contributed by atoms with Gasteiger partial charge in [-0.1, -0.05) is 197 Å². The summed E-state index contributed by atoms with van der Waals surface area (Å²) in [5.74, 6) is -1.76. The van der Waals surface area contributed by atoms with Gasteiger partial charge in [0, 0.05) is 19.3 Å². The highest BCUT2D eigenvalue weighted by Gasteiger charge is 2.25. The summed E-state index contributed by atoms with van der Waals surface area (Å²) in [6.07, 6.45) is 55.7. The van der Waals surface area contributed by atoms with E-state index in [4.69, 9.17) is 14.2 Å². The maximum atomic E-state index is 12.8. The quantitative estimate of drug-likeness (QED) is 0.0197. The number of carbonyl (C=O) groups excluding carboxylic acids is 3. The van der Waals surface area contributed by atoms with Crippen molar-refractivity contribution in [2.45, 2.75) is 244 Å². The summed E-state index contributed by atoms with van der Waals surface area (Å²) in [5, 5.41) is 11.7. The number of carboxylic acid groups (broad SMARTS) is 1. The number of aliphatic carboxylic acids is 1. The minimum Gasteiger partial charge on any atom is -0.544 e. The summed E-state index contributed by atoms with van der Waals surface area (Å²) in [4.78, 5) is 37.0. The van der Waals surface area contributed by atoms with Gasteiger partial charge in [-0.2, -0.15) is 0 Å². The number of esters is 2. The van der Waals surface area contributed by atoms with Crippen LogP contribution in [0.4, 0.5) is 0 Å². The molecule has 0 heterocycles. The highest BCUT2D eigenvalue weighted by atomic mass is 16.6. The van der Waals surface area contributed by atoms with Gasteiger partial charge in [0.15, 0.2) is 6.10 Å². The fourth-order valence-corrected chi connectivity index (χ4v) is 7.66. The van der Waals surface area contributed by atoms with Crippen molar-refractivity contribution in [3.63, 3.8) is 0 Å². The number of hydrogen-bond acceptors (Lipinski definition) is 7. The van der Waals surface area contributed by atoms with Gasteiger partial charge in [-0.15, -0.1) is 0 Å². The van der Waals surface area contributed by atoms with Crippen molar-refractivity contribution in [3.05, 3.63) is 48.6 Å². The van der Waals surface area contributed by atoms with Crippen LogP contribution in [0, 0.1) is 0 Å². The van der Waals surface area contributed by atoms with Crippen molar-refractivity contribution in [2.24, 2.45) is 0 Å². The third-order valence-electron chi connectivity index (χ3n) is 11.7. The standard InChI is InChI=1S/C55H99NO7/c1-6-8-10-12-14-16-18-20-22-24-26-27-28-30-32-34-36-38-40-42-44-46-54(58)63-51(49-61-48-47-52(55(59)60)56(3,4)5)50-62-53(57)45-43-41-39-37-35-33-31-29-25-23-21-19-17-15-13-11-9-7-2/h19,21,23,25,27-29,31,51-52H,6-18,20,22,24,26,30,32-50H2,1-5H3/b21-19+,25-23+,28-27+,31-29+. The van der Waals surface area contributed by atoms with Gasteiger partial charge in [-0.3, -0.25) is 9.59 Å². The molecule has 8 heteroatoms. The molecular formula is C55H99NO7. The molecule has 0 aromatic carbocycles. The topological polar surface area (TPSA) is 102 Å². The van der Waals surface area contributed by atoms with Crippen molar-refractivity contribution < 1.29 is 38.2 Å². The number of nitrogens with zero attached hydrogens (tertiary/aromatic N) is 1. The molecule has 0 spiro atoms. The van der Waals surface area contributed by atoms with Gasteiger partial charge >= 0.3 is 11.9 Å². The molecule has 0 aliphatic heterocycles. The molecule has 0 aromatic rings. The molecule has 0 saturated heterocycles. The molecule has 0 aliphatic rings. The zero-order valence-corrected chi connectivity index (χ0v) is 41.7. The predicted molar refractivity (Wildman–Crippen MR) is 263 cm³/mol. The first-order chi connectivity index (χ1) is 30.6. The minimum absolute atomic E-state index is 0.0323. The molecule has 2 atom stereocenters. The summed E-state index contributed by atoms with van der Waals surface area (Å²) >= 11 is 0. The second-order valence-electron chi connectivity index (χ2n) is 18.8. The van der Waals surface area contributed by atoms with Crippen LogP contribution < -0.4 is 5.11 Å². The summed E-state index contributed by atoms with van der Waals surface area (Å²) in [6, 6.07) is -0.731. The highest BCUT2D eigenvalue weighted by molar-refractivity contribution is 5.70. The number of hydrogen-bond donors (Lipinski definition) is 0. The number of likely N-dealkylation sites (N-methyl/N-ethyl adjacent to an activating group) is 1. The van der Waals surface area contributed by atoms with Crippen molar-refractivity contribution >= 4 is 17.9 Å². The molecule has 0 radical (unpaired) electrons.